The van der Waals surface area contributed by atoms with E-state index >= 15 is 0 Å². The van der Waals surface area contributed by atoms with Crippen molar-refractivity contribution in [3.63, 3.8) is 0 Å². The predicted octanol–water partition coefficient (Wildman–Crippen LogP) is 0.417. The third-order valence-corrected chi connectivity index (χ3v) is 3.10. The Morgan fingerprint density at radius 3 is 2.69 bits per heavy atom. The lowest BCUT2D eigenvalue weighted by Crippen LogP contribution is -2.48. The van der Waals surface area contributed by atoms with Gasteiger partial charge in [-0.2, -0.15) is 11.8 Å². The van der Waals surface area contributed by atoms with Crippen molar-refractivity contribution in [1.82, 2.24) is 10.2 Å². The second kappa shape index (κ2) is 5.50. The van der Waals surface area contributed by atoms with Crippen LogP contribution in [0.2, 0.25) is 0 Å². The average molecular weight is 202 g/mol. The number of hydrogen-bond acceptors (Lipinski definition) is 3. The highest BCUT2D eigenvalue weighted by atomic mass is 32.2. The topological polar surface area (TPSA) is 32.3 Å². The highest BCUT2D eigenvalue weighted by molar-refractivity contribution is 7.98. The van der Waals surface area contributed by atoms with E-state index in [-0.39, 0.29) is 5.92 Å². The van der Waals surface area contributed by atoms with Gasteiger partial charge in [-0.1, -0.05) is 6.92 Å². The molecule has 0 aromatic carbocycles. The molecule has 1 fully saturated rings. The quantitative estimate of drug-likeness (QED) is 0.720. The Labute approximate surface area is 84.2 Å². The van der Waals surface area contributed by atoms with Gasteiger partial charge in [-0.25, -0.2) is 0 Å². The van der Waals surface area contributed by atoms with Crippen LogP contribution in [0.3, 0.4) is 0 Å². The van der Waals surface area contributed by atoms with Crippen LogP contribution in [-0.4, -0.2) is 49.0 Å². The predicted molar refractivity (Wildman–Crippen MR) is 57.0 cm³/mol. The standard InChI is InChI=1S/C9H18N2OS/c1-8(7-13-2)9(12)11-5-3-10-4-6-11/h8,10H,3-7H2,1-2H3. The molecule has 1 amide bonds. The molecule has 0 aliphatic carbocycles. The Morgan fingerprint density at radius 1 is 1.54 bits per heavy atom. The van der Waals surface area contributed by atoms with Gasteiger partial charge in [-0.15, -0.1) is 0 Å². The van der Waals surface area contributed by atoms with Crippen LogP contribution >= 0.6 is 11.8 Å². The van der Waals surface area contributed by atoms with Crippen LogP contribution in [0, 0.1) is 5.92 Å². The van der Waals surface area contributed by atoms with Crippen LogP contribution in [0.4, 0.5) is 0 Å². The number of carbonyl (C=O) groups is 1. The summed E-state index contributed by atoms with van der Waals surface area (Å²) >= 11 is 1.74. The lowest BCUT2D eigenvalue weighted by molar-refractivity contribution is -0.134. The highest BCUT2D eigenvalue weighted by Gasteiger charge is 2.20. The molecule has 1 rings (SSSR count). The van der Waals surface area contributed by atoms with E-state index in [2.05, 4.69) is 5.32 Å². The maximum atomic E-state index is 11.8. The fourth-order valence-electron chi connectivity index (χ4n) is 1.52. The minimum absolute atomic E-state index is 0.174. The fraction of sp³-hybridized carbons (Fsp3) is 0.889. The summed E-state index contributed by atoms with van der Waals surface area (Å²) < 4.78 is 0. The molecule has 1 unspecified atom stereocenters. The molecule has 13 heavy (non-hydrogen) atoms. The first-order valence-electron chi connectivity index (χ1n) is 4.74. The van der Waals surface area contributed by atoms with Crippen molar-refractivity contribution in [3.05, 3.63) is 0 Å². The summed E-state index contributed by atoms with van der Waals surface area (Å²) in [5, 5.41) is 3.24. The summed E-state index contributed by atoms with van der Waals surface area (Å²) in [4.78, 5) is 13.7. The van der Waals surface area contributed by atoms with Crippen LogP contribution in [0.15, 0.2) is 0 Å². The van der Waals surface area contributed by atoms with Crippen molar-refractivity contribution in [2.75, 3.05) is 38.2 Å². The van der Waals surface area contributed by atoms with Gasteiger partial charge in [0, 0.05) is 37.8 Å². The zero-order chi connectivity index (χ0) is 9.68. The van der Waals surface area contributed by atoms with Gasteiger partial charge in [-0.05, 0) is 6.26 Å². The summed E-state index contributed by atoms with van der Waals surface area (Å²) in [6.07, 6.45) is 2.04. The minimum atomic E-state index is 0.174. The number of hydrogen-bond donors (Lipinski definition) is 1. The Hall–Kier alpha value is -0.220. The molecule has 0 aromatic heterocycles. The van der Waals surface area contributed by atoms with E-state index in [1.807, 2.05) is 18.1 Å². The second-order valence-corrected chi connectivity index (χ2v) is 4.34. The summed E-state index contributed by atoms with van der Waals surface area (Å²) in [6, 6.07) is 0. The van der Waals surface area contributed by atoms with Gasteiger partial charge in [0.2, 0.25) is 5.91 Å². The van der Waals surface area contributed by atoms with Crippen molar-refractivity contribution in [2.24, 2.45) is 5.92 Å². The van der Waals surface area contributed by atoms with Gasteiger partial charge in [0.15, 0.2) is 0 Å². The van der Waals surface area contributed by atoms with Crippen LogP contribution in [0.25, 0.3) is 0 Å². The van der Waals surface area contributed by atoms with Crippen molar-refractivity contribution >= 4 is 17.7 Å². The molecule has 0 radical (unpaired) electrons. The van der Waals surface area contributed by atoms with E-state index in [9.17, 15) is 4.79 Å². The largest absolute Gasteiger partial charge is 0.340 e. The number of piperazine rings is 1. The first-order valence-corrected chi connectivity index (χ1v) is 6.13. The smallest absolute Gasteiger partial charge is 0.226 e. The van der Waals surface area contributed by atoms with Gasteiger partial charge < -0.3 is 10.2 Å². The minimum Gasteiger partial charge on any atom is -0.340 e. The van der Waals surface area contributed by atoms with Crippen molar-refractivity contribution in [1.29, 1.82) is 0 Å². The molecule has 4 heteroatoms. The number of amides is 1. The van der Waals surface area contributed by atoms with E-state index in [0.717, 1.165) is 31.9 Å². The van der Waals surface area contributed by atoms with Gasteiger partial charge >= 0.3 is 0 Å². The van der Waals surface area contributed by atoms with E-state index < -0.39 is 0 Å². The lowest BCUT2D eigenvalue weighted by Gasteiger charge is -2.29. The third kappa shape index (κ3) is 3.19. The van der Waals surface area contributed by atoms with Crippen LogP contribution in [0.1, 0.15) is 6.92 Å². The highest BCUT2D eigenvalue weighted by Crippen LogP contribution is 2.09. The normalized spacial score (nSPS) is 20.0. The second-order valence-electron chi connectivity index (χ2n) is 3.43. The van der Waals surface area contributed by atoms with Crippen LogP contribution in [0.5, 0.6) is 0 Å². The van der Waals surface area contributed by atoms with E-state index in [1.54, 1.807) is 11.8 Å². The van der Waals surface area contributed by atoms with Gasteiger partial charge in [0.25, 0.3) is 0 Å². The first-order chi connectivity index (χ1) is 6.25. The molecule has 0 spiro atoms. The Kier molecular flexibility index (Phi) is 4.59. The van der Waals surface area contributed by atoms with Gasteiger partial charge in [0.1, 0.15) is 0 Å². The first kappa shape index (κ1) is 10.9. The molecule has 1 saturated heterocycles. The molecule has 1 N–H and O–H groups in total. The lowest BCUT2D eigenvalue weighted by atomic mass is 10.2. The van der Waals surface area contributed by atoms with Crippen LogP contribution in [-0.2, 0) is 4.79 Å². The maximum Gasteiger partial charge on any atom is 0.226 e. The van der Waals surface area contributed by atoms with Crippen molar-refractivity contribution in [2.45, 2.75) is 6.92 Å². The molecule has 1 heterocycles. The molecule has 1 aliphatic heterocycles. The molecule has 0 saturated carbocycles. The Balaban J connectivity index is 2.36. The molecule has 0 aromatic rings. The summed E-state index contributed by atoms with van der Waals surface area (Å²) in [6.45, 7) is 5.64. The number of nitrogens with one attached hydrogen (secondary N) is 1. The number of rotatable bonds is 3. The Bertz CT molecular complexity index is 169. The summed E-state index contributed by atoms with van der Waals surface area (Å²) in [7, 11) is 0. The maximum absolute atomic E-state index is 11.8. The van der Waals surface area contributed by atoms with Crippen molar-refractivity contribution in [3.8, 4) is 0 Å². The SMILES string of the molecule is CSCC(C)C(=O)N1CCNCC1. The van der Waals surface area contributed by atoms with Gasteiger partial charge in [-0.3, -0.25) is 4.79 Å². The number of thioether (sulfide) groups is 1. The molecule has 76 valence electrons. The van der Waals surface area contributed by atoms with E-state index in [0.29, 0.717) is 5.91 Å². The molecule has 1 aliphatic rings. The van der Waals surface area contributed by atoms with Crippen molar-refractivity contribution < 1.29 is 4.79 Å². The van der Waals surface area contributed by atoms with E-state index in [1.165, 1.54) is 0 Å². The summed E-state index contributed by atoms with van der Waals surface area (Å²) in [5.74, 6) is 1.42. The molecular weight excluding hydrogens is 184 g/mol. The molecule has 1 atom stereocenters. The average Bonchev–Trinajstić information content (AvgIpc) is 2.18. The van der Waals surface area contributed by atoms with Gasteiger partial charge in [0.05, 0.1) is 0 Å². The third-order valence-electron chi connectivity index (χ3n) is 2.27. The van der Waals surface area contributed by atoms with E-state index in [4.69, 9.17) is 0 Å². The molecule has 0 bridgehead atoms. The Morgan fingerprint density at radius 2 is 2.15 bits per heavy atom. The van der Waals surface area contributed by atoms with Crippen LogP contribution < -0.4 is 5.32 Å². The fourth-order valence-corrected chi connectivity index (χ4v) is 2.16. The molecule has 3 nitrogen and oxygen atoms in total. The zero-order valence-electron chi connectivity index (χ0n) is 8.38. The monoisotopic (exact) mass is 202 g/mol. The number of carbonyl (C=O) groups excluding carboxylic acids is 1. The number of nitrogens with zero attached hydrogens (tertiary/aromatic N) is 1. The summed E-state index contributed by atoms with van der Waals surface area (Å²) in [5.41, 5.74) is 0. The zero-order valence-corrected chi connectivity index (χ0v) is 9.19. The molecular formula is C9H18N2OS.